The van der Waals surface area contributed by atoms with Crippen LogP contribution in [-0.2, 0) is 4.74 Å². The van der Waals surface area contributed by atoms with E-state index in [0.717, 1.165) is 58.3 Å². The summed E-state index contributed by atoms with van der Waals surface area (Å²) in [5.41, 5.74) is 0. The molecule has 0 aliphatic heterocycles. The van der Waals surface area contributed by atoms with E-state index in [-0.39, 0.29) is 0 Å². The molecule has 20 heavy (non-hydrogen) atoms. The molecule has 0 saturated carbocycles. The van der Waals surface area contributed by atoms with E-state index in [1.807, 2.05) is 6.92 Å². The molecule has 5 heteroatoms. The molecule has 0 fully saturated rings. The maximum atomic E-state index is 5.31. The molecule has 0 saturated heterocycles. The van der Waals surface area contributed by atoms with Crippen LogP contribution in [0.1, 0.15) is 41.0 Å². The lowest BCUT2D eigenvalue weighted by molar-refractivity contribution is 0.146. The quantitative estimate of drug-likeness (QED) is 0.345. The number of rotatable bonds is 11. The van der Waals surface area contributed by atoms with Crippen LogP contribution in [0.25, 0.3) is 0 Å². The molecule has 0 amide bonds. The van der Waals surface area contributed by atoms with Crippen LogP contribution < -0.4 is 10.6 Å². The van der Waals surface area contributed by atoms with Crippen molar-refractivity contribution in [1.82, 2.24) is 15.5 Å². The van der Waals surface area contributed by atoms with Gasteiger partial charge in [-0.15, -0.1) is 0 Å². The van der Waals surface area contributed by atoms with E-state index < -0.39 is 0 Å². The number of nitrogens with one attached hydrogen (secondary N) is 2. The van der Waals surface area contributed by atoms with E-state index >= 15 is 0 Å². The van der Waals surface area contributed by atoms with Crippen LogP contribution in [0.2, 0.25) is 0 Å². The first kappa shape index (κ1) is 19.2. The fourth-order valence-corrected chi connectivity index (χ4v) is 1.94. The fraction of sp³-hybridized carbons (Fsp3) is 0.933. The summed E-state index contributed by atoms with van der Waals surface area (Å²) in [5.74, 6) is 0.906. The third-order valence-corrected chi connectivity index (χ3v) is 3.09. The number of guanidine groups is 1. The van der Waals surface area contributed by atoms with Gasteiger partial charge in [-0.2, -0.15) is 0 Å². The maximum absolute atomic E-state index is 5.31. The van der Waals surface area contributed by atoms with Crippen LogP contribution in [0.15, 0.2) is 4.99 Å². The Morgan fingerprint density at radius 2 is 1.95 bits per heavy atom. The highest BCUT2D eigenvalue weighted by Crippen LogP contribution is 1.95. The van der Waals surface area contributed by atoms with Gasteiger partial charge in [0.05, 0.1) is 0 Å². The highest BCUT2D eigenvalue weighted by Gasteiger charge is 2.06. The summed E-state index contributed by atoms with van der Waals surface area (Å²) in [4.78, 5) is 6.98. The molecule has 0 aromatic carbocycles. The lowest BCUT2D eigenvalue weighted by Gasteiger charge is -2.25. The number of hydrogen-bond acceptors (Lipinski definition) is 3. The molecule has 0 aromatic rings. The van der Waals surface area contributed by atoms with Crippen LogP contribution in [0.5, 0.6) is 0 Å². The third kappa shape index (κ3) is 10.0. The predicted molar refractivity (Wildman–Crippen MR) is 87.5 cm³/mol. The largest absolute Gasteiger partial charge is 0.382 e. The van der Waals surface area contributed by atoms with Gasteiger partial charge in [0, 0.05) is 45.4 Å². The Morgan fingerprint density at radius 3 is 2.50 bits per heavy atom. The summed E-state index contributed by atoms with van der Waals surface area (Å²) in [6.07, 6.45) is 0.970. The van der Waals surface area contributed by atoms with Crippen LogP contribution in [0.3, 0.4) is 0 Å². The third-order valence-electron chi connectivity index (χ3n) is 3.09. The van der Waals surface area contributed by atoms with E-state index in [9.17, 15) is 0 Å². The van der Waals surface area contributed by atoms with Crippen LogP contribution >= 0.6 is 0 Å². The van der Waals surface area contributed by atoms with E-state index in [1.54, 1.807) is 0 Å². The van der Waals surface area contributed by atoms with Crippen molar-refractivity contribution in [3.63, 3.8) is 0 Å². The van der Waals surface area contributed by atoms with Crippen molar-refractivity contribution >= 4 is 5.96 Å². The first-order valence-electron chi connectivity index (χ1n) is 7.99. The van der Waals surface area contributed by atoms with E-state index in [4.69, 9.17) is 4.74 Å². The van der Waals surface area contributed by atoms with Crippen molar-refractivity contribution in [2.75, 3.05) is 45.9 Å². The Morgan fingerprint density at radius 1 is 1.20 bits per heavy atom. The van der Waals surface area contributed by atoms with Crippen molar-refractivity contribution in [1.29, 1.82) is 0 Å². The molecule has 0 aromatic heterocycles. The molecular weight excluding hydrogens is 252 g/mol. The SMILES string of the molecule is CCNC(=NCCCOCC)NCCN(CC)C(C)C. The Balaban J connectivity index is 3.97. The molecule has 5 nitrogen and oxygen atoms in total. The highest BCUT2D eigenvalue weighted by atomic mass is 16.5. The van der Waals surface area contributed by atoms with Gasteiger partial charge in [-0.3, -0.25) is 9.89 Å². The second-order valence-electron chi connectivity index (χ2n) is 4.96. The Hall–Kier alpha value is -0.810. The van der Waals surface area contributed by atoms with Gasteiger partial charge in [-0.1, -0.05) is 6.92 Å². The maximum Gasteiger partial charge on any atom is 0.191 e. The van der Waals surface area contributed by atoms with Gasteiger partial charge in [0.15, 0.2) is 5.96 Å². The fourth-order valence-electron chi connectivity index (χ4n) is 1.94. The molecule has 0 rings (SSSR count). The topological polar surface area (TPSA) is 48.9 Å². The number of hydrogen-bond donors (Lipinski definition) is 2. The smallest absolute Gasteiger partial charge is 0.191 e. The molecule has 120 valence electrons. The summed E-state index contributed by atoms with van der Waals surface area (Å²) in [7, 11) is 0. The summed E-state index contributed by atoms with van der Waals surface area (Å²) in [6.45, 7) is 17.1. The van der Waals surface area contributed by atoms with Gasteiger partial charge in [0.1, 0.15) is 0 Å². The second-order valence-corrected chi connectivity index (χ2v) is 4.96. The summed E-state index contributed by atoms with van der Waals surface area (Å²) in [6, 6.07) is 0.590. The molecule has 0 bridgehead atoms. The number of ether oxygens (including phenoxy) is 1. The predicted octanol–water partition coefficient (Wildman–Crippen LogP) is 1.70. The van der Waals surface area contributed by atoms with Crippen LogP contribution in [-0.4, -0.2) is 62.8 Å². The van der Waals surface area contributed by atoms with Crippen LogP contribution in [0, 0.1) is 0 Å². The average molecular weight is 286 g/mol. The van der Waals surface area contributed by atoms with Gasteiger partial charge in [0.2, 0.25) is 0 Å². The second kappa shape index (κ2) is 13.2. The standard InChI is InChI=1S/C15H34N4O/c1-6-16-15(17-10-9-13-20-8-3)18-11-12-19(7-2)14(4)5/h14H,6-13H2,1-5H3,(H2,16,17,18). The molecule has 0 heterocycles. The van der Waals surface area contributed by atoms with Gasteiger partial charge < -0.3 is 15.4 Å². The summed E-state index contributed by atoms with van der Waals surface area (Å²) in [5, 5.41) is 6.66. The zero-order valence-corrected chi connectivity index (χ0v) is 14.0. The molecule has 0 atom stereocenters. The molecule has 0 spiro atoms. The normalized spacial score (nSPS) is 12.2. The summed E-state index contributed by atoms with van der Waals surface area (Å²) < 4.78 is 5.31. The van der Waals surface area contributed by atoms with Crippen molar-refractivity contribution in [2.45, 2.75) is 47.1 Å². The first-order chi connectivity index (χ1) is 9.65. The van der Waals surface area contributed by atoms with E-state index in [1.165, 1.54) is 0 Å². The zero-order chi connectivity index (χ0) is 15.2. The molecule has 2 N–H and O–H groups in total. The molecular formula is C15H34N4O. The minimum atomic E-state index is 0.590. The van der Waals surface area contributed by atoms with Gasteiger partial charge in [-0.25, -0.2) is 0 Å². The van der Waals surface area contributed by atoms with E-state index in [0.29, 0.717) is 6.04 Å². The van der Waals surface area contributed by atoms with Gasteiger partial charge >= 0.3 is 0 Å². The lowest BCUT2D eigenvalue weighted by Crippen LogP contribution is -2.43. The first-order valence-corrected chi connectivity index (χ1v) is 7.99. The monoisotopic (exact) mass is 286 g/mol. The van der Waals surface area contributed by atoms with Crippen LogP contribution in [0.4, 0.5) is 0 Å². The van der Waals surface area contributed by atoms with Gasteiger partial charge in [0.25, 0.3) is 0 Å². The molecule has 0 unspecified atom stereocenters. The Bertz CT molecular complexity index is 244. The van der Waals surface area contributed by atoms with Crippen molar-refractivity contribution < 1.29 is 4.74 Å². The number of nitrogens with zero attached hydrogens (tertiary/aromatic N) is 2. The zero-order valence-electron chi connectivity index (χ0n) is 14.0. The summed E-state index contributed by atoms with van der Waals surface area (Å²) >= 11 is 0. The molecule has 0 radical (unpaired) electrons. The average Bonchev–Trinajstić information content (AvgIpc) is 2.42. The molecule has 0 aliphatic carbocycles. The van der Waals surface area contributed by atoms with Gasteiger partial charge in [-0.05, 0) is 40.7 Å². The number of aliphatic imine (C=N–C) groups is 1. The van der Waals surface area contributed by atoms with E-state index in [2.05, 4.69) is 48.2 Å². The lowest BCUT2D eigenvalue weighted by atomic mass is 10.3. The molecule has 0 aliphatic rings. The Kier molecular flexibility index (Phi) is 12.7. The Labute approximate surface area is 125 Å². The minimum absolute atomic E-state index is 0.590. The van der Waals surface area contributed by atoms with Crippen molar-refractivity contribution in [3.05, 3.63) is 0 Å². The van der Waals surface area contributed by atoms with Crippen molar-refractivity contribution in [2.24, 2.45) is 4.99 Å². The minimum Gasteiger partial charge on any atom is -0.382 e. The van der Waals surface area contributed by atoms with Crippen molar-refractivity contribution in [3.8, 4) is 0 Å². The number of likely N-dealkylation sites (N-methyl/N-ethyl adjacent to an activating group) is 1. The highest BCUT2D eigenvalue weighted by molar-refractivity contribution is 5.79.